The predicted molar refractivity (Wildman–Crippen MR) is 121 cm³/mol. The molecule has 0 spiro atoms. The van der Waals surface area contributed by atoms with Gasteiger partial charge >= 0.3 is 0 Å². The van der Waals surface area contributed by atoms with Gasteiger partial charge in [0, 0.05) is 30.8 Å². The maximum Gasteiger partial charge on any atom is 0.263 e. The zero-order chi connectivity index (χ0) is 20.6. The van der Waals surface area contributed by atoms with Crippen LogP contribution in [0, 0.1) is 0 Å². The van der Waals surface area contributed by atoms with Crippen LogP contribution in [0.3, 0.4) is 0 Å². The van der Waals surface area contributed by atoms with Crippen LogP contribution in [0.25, 0.3) is 10.2 Å². The molecule has 160 valence electrons. The van der Waals surface area contributed by atoms with E-state index in [1.807, 2.05) is 4.57 Å². The van der Waals surface area contributed by atoms with Crippen LogP contribution in [0.15, 0.2) is 9.95 Å². The lowest BCUT2D eigenvalue weighted by molar-refractivity contribution is 0.457. The van der Waals surface area contributed by atoms with Crippen molar-refractivity contribution in [3.05, 3.63) is 20.8 Å². The van der Waals surface area contributed by atoms with E-state index >= 15 is 0 Å². The van der Waals surface area contributed by atoms with Gasteiger partial charge < -0.3 is 0 Å². The van der Waals surface area contributed by atoms with Crippen molar-refractivity contribution in [3.63, 3.8) is 0 Å². The minimum atomic E-state index is -3.19. The van der Waals surface area contributed by atoms with E-state index in [2.05, 4.69) is 0 Å². The fourth-order valence-corrected chi connectivity index (χ4v) is 7.74. The number of hydrogen-bond acceptors (Lipinski definition) is 6. The van der Waals surface area contributed by atoms with Crippen molar-refractivity contribution >= 4 is 43.3 Å². The molecule has 2 aromatic heterocycles. The van der Waals surface area contributed by atoms with Crippen LogP contribution in [0.1, 0.15) is 61.4 Å². The summed E-state index contributed by atoms with van der Waals surface area (Å²) in [6.07, 6.45) is 9.31. The first-order valence-corrected chi connectivity index (χ1v) is 13.9. The summed E-state index contributed by atoms with van der Waals surface area (Å²) < 4.78 is 27.2. The Morgan fingerprint density at radius 3 is 2.62 bits per heavy atom. The van der Waals surface area contributed by atoms with Gasteiger partial charge in [0.15, 0.2) is 5.16 Å². The average molecular weight is 456 g/mol. The second-order valence-corrected chi connectivity index (χ2v) is 12.6. The zero-order valence-electron chi connectivity index (χ0n) is 17.1. The molecule has 2 heterocycles. The largest absolute Gasteiger partial charge is 0.284 e. The molecule has 0 atom stereocenters. The standard InChI is InChI=1S/C20H29N3O3S3/c1-22(2)29(25,26)13-7-12-27-20-21-18-17(15-10-5-6-11-16(15)28-18)19(24)23(20)14-8-3-4-9-14/h14H,3-13H2,1-2H3. The Hall–Kier alpha value is -0.900. The monoisotopic (exact) mass is 455 g/mol. The number of hydrogen-bond donors (Lipinski definition) is 0. The number of aryl methyl sites for hydroxylation is 2. The van der Waals surface area contributed by atoms with Gasteiger partial charge in [0.25, 0.3) is 5.56 Å². The highest BCUT2D eigenvalue weighted by Crippen LogP contribution is 2.37. The number of rotatable bonds is 7. The number of sulfonamides is 1. The second-order valence-electron chi connectivity index (χ2n) is 8.20. The van der Waals surface area contributed by atoms with Crippen LogP contribution in [0.5, 0.6) is 0 Å². The normalized spacial score (nSPS) is 18.0. The first-order chi connectivity index (χ1) is 13.9. The molecule has 1 saturated carbocycles. The van der Waals surface area contributed by atoms with E-state index in [-0.39, 0.29) is 17.4 Å². The minimum Gasteiger partial charge on any atom is -0.284 e. The molecular weight excluding hydrogens is 426 g/mol. The molecule has 0 aliphatic heterocycles. The topological polar surface area (TPSA) is 72.3 Å². The van der Waals surface area contributed by atoms with Crippen molar-refractivity contribution in [1.82, 2.24) is 13.9 Å². The van der Waals surface area contributed by atoms with Gasteiger partial charge in [-0.3, -0.25) is 9.36 Å². The maximum atomic E-state index is 13.6. The number of thiophene rings is 1. The van der Waals surface area contributed by atoms with Gasteiger partial charge in [0.05, 0.1) is 11.1 Å². The molecule has 2 aliphatic rings. The molecule has 0 aromatic carbocycles. The first-order valence-electron chi connectivity index (χ1n) is 10.5. The second kappa shape index (κ2) is 8.69. The molecule has 1 fully saturated rings. The van der Waals surface area contributed by atoms with Gasteiger partial charge in [0.2, 0.25) is 10.0 Å². The van der Waals surface area contributed by atoms with E-state index in [1.54, 1.807) is 25.4 Å². The van der Waals surface area contributed by atoms with Crippen LogP contribution in [-0.4, -0.2) is 47.9 Å². The van der Waals surface area contributed by atoms with Gasteiger partial charge in [-0.25, -0.2) is 17.7 Å². The molecule has 0 saturated heterocycles. The summed E-state index contributed by atoms with van der Waals surface area (Å²) in [6.45, 7) is 0. The Balaban J connectivity index is 1.65. The molecule has 9 heteroatoms. The minimum absolute atomic E-state index is 0.121. The van der Waals surface area contributed by atoms with E-state index in [0.29, 0.717) is 12.2 Å². The lowest BCUT2D eigenvalue weighted by Gasteiger charge is -2.18. The Kier molecular flexibility index (Phi) is 6.39. The number of aromatic nitrogens is 2. The Labute approximate surface area is 180 Å². The van der Waals surface area contributed by atoms with Crippen molar-refractivity contribution in [2.45, 2.75) is 69.0 Å². The van der Waals surface area contributed by atoms with Gasteiger partial charge in [0.1, 0.15) is 4.83 Å². The highest BCUT2D eigenvalue weighted by atomic mass is 32.2. The van der Waals surface area contributed by atoms with E-state index in [0.717, 1.165) is 60.3 Å². The van der Waals surface area contributed by atoms with E-state index in [1.165, 1.54) is 32.9 Å². The number of thioether (sulfide) groups is 1. The summed E-state index contributed by atoms with van der Waals surface area (Å²) in [5.41, 5.74) is 1.37. The van der Waals surface area contributed by atoms with Crippen LogP contribution in [-0.2, 0) is 22.9 Å². The van der Waals surface area contributed by atoms with Gasteiger partial charge in [-0.2, -0.15) is 0 Å². The van der Waals surface area contributed by atoms with Gasteiger partial charge in [-0.1, -0.05) is 24.6 Å². The molecule has 0 unspecified atom stereocenters. The fourth-order valence-electron chi connectivity index (χ4n) is 4.37. The lowest BCUT2D eigenvalue weighted by Crippen LogP contribution is -2.27. The Bertz CT molecular complexity index is 1050. The first kappa shape index (κ1) is 21.3. The average Bonchev–Trinajstić information content (AvgIpc) is 3.32. The lowest BCUT2D eigenvalue weighted by atomic mass is 9.97. The van der Waals surface area contributed by atoms with Crippen molar-refractivity contribution in [2.75, 3.05) is 25.6 Å². The van der Waals surface area contributed by atoms with E-state index < -0.39 is 10.0 Å². The number of nitrogens with zero attached hydrogens (tertiary/aromatic N) is 3. The SMILES string of the molecule is CN(C)S(=O)(=O)CCCSc1nc2sc3c(c2c(=O)n1C1CCCC1)CCCC3. The molecule has 0 amide bonds. The van der Waals surface area contributed by atoms with Crippen molar-refractivity contribution in [1.29, 1.82) is 0 Å². The highest BCUT2D eigenvalue weighted by Gasteiger charge is 2.27. The molecule has 0 bridgehead atoms. The molecule has 4 rings (SSSR count). The molecule has 29 heavy (non-hydrogen) atoms. The predicted octanol–water partition coefficient (Wildman–Crippen LogP) is 3.83. The third kappa shape index (κ3) is 4.29. The zero-order valence-corrected chi connectivity index (χ0v) is 19.6. The number of fused-ring (bicyclic) bond motifs is 3. The summed E-state index contributed by atoms with van der Waals surface area (Å²) in [5, 5.41) is 1.63. The smallest absolute Gasteiger partial charge is 0.263 e. The van der Waals surface area contributed by atoms with Crippen LogP contribution < -0.4 is 5.56 Å². The van der Waals surface area contributed by atoms with Crippen molar-refractivity contribution in [2.24, 2.45) is 0 Å². The quantitative estimate of drug-likeness (QED) is 0.360. The summed E-state index contributed by atoms with van der Waals surface area (Å²) in [6, 6.07) is 0.228. The Morgan fingerprint density at radius 2 is 1.90 bits per heavy atom. The van der Waals surface area contributed by atoms with Crippen LogP contribution in [0.2, 0.25) is 0 Å². The fraction of sp³-hybridized carbons (Fsp3) is 0.700. The summed E-state index contributed by atoms with van der Waals surface area (Å²) >= 11 is 3.22. The third-order valence-electron chi connectivity index (χ3n) is 6.01. The molecular formula is C20H29N3O3S3. The van der Waals surface area contributed by atoms with Gasteiger partial charge in [-0.05, 0) is 50.5 Å². The third-order valence-corrected chi connectivity index (χ3v) is 10.2. The van der Waals surface area contributed by atoms with Crippen molar-refractivity contribution in [3.8, 4) is 0 Å². The summed E-state index contributed by atoms with van der Waals surface area (Å²) in [4.78, 5) is 20.7. The molecule has 2 aromatic rings. The van der Waals surface area contributed by atoms with Gasteiger partial charge in [-0.15, -0.1) is 11.3 Å². The van der Waals surface area contributed by atoms with E-state index in [4.69, 9.17) is 4.98 Å². The maximum absolute atomic E-state index is 13.6. The molecule has 0 radical (unpaired) electrons. The Morgan fingerprint density at radius 1 is 1.17 bits per heavy atom. The summed E-state index contributed by atoms with van der Waals surface area (Å²) in [5.74, 6) is 0.763. The summed E-state index contributed by atoms with van der Waals surface area (Å²) in [7, 11) is -0.0627. The van der Waals surface area contributed by atoms with E-state index in [9.17, 15) is 13.2 Å². The molecule has 0 N–H and O–H groups in total. The van der Waals surface area contributed by atoms with Crippen molar-refractivity contribution < 1.29 is 8.42 Å². The highest BCUT2D eigenvalue weighted by molar-refractivity contribution is 7.99. The molecule has 2 aliphatic carbocycles. The van der Waals surface area contributed by atoms with Crippen LogP contribution >= 0.6 is 23.1 Å². The molecule has 6 nitrogen and oxygen atoms in total. The van der Waals surface area contributed by atoms with Crippen LogP contribution in [0.4, 0.5) is 0 Å².